The Balaban J connectivity index is 2.00. The smallest absolute Gasteiger partial charge is 0.370 e. The number of nitrogens with one attached hydrogen (secondary N) is 1. The summed E-state index contributed by atoms with van der Waals surface area (Å²) in [6, 6.07) is 7.48. The van der Waals surface area contributed by atoms with Crippen LogP contribution in [0.1, 0.15) is 24.8 Å². The third-order valence-corrected chi connectivity index (χ3v) is 7.34. The van der Waals surface area contributed by atoms with Gasteiger partial charge in [0.15, 0.2) is 9.84 Å². The lowest BCUT2D eigenvalue weighted by molar-refractivity contribution is -0.137. The van der Waals surface area contributed by atoms with E-state index in [1.54, 1.807) is 0 Å². The highest BCUT2D eigenvalue weighted by molar-refractivity contribution is 7.92. The number of hydrogen-bond acceptors (Lipinski definition) is 5. The van der Waals surface area contributed by atoms with E-state index in [-0.39, 0.29) is 15.5 Å². The topological polar surface area (TPSA) is 83.5 Å². The fourth-order valence-electron chi connectivity index (χ4n) is 3.27. The van der Waals surface area contributed by atoms with Gasteiger partial charge in [0.1, 0.15) is 0 Å². The molecule has 1 saturated heterocycles. The fourth-order valence-corrected chi connectivity index (χ4v) is 4.97. The lowest BCUT2D eigenvalue weighted by atomic mass is 10.1. The molecule has 0 aromatic heterocycles. The summed E-state index contributed by atoms with van der Waals surface area (Å²) in [5.74, 6) is 0. The Morgan fingerprint density at radius 3 is 1.97 bits per heavy atom. The molecule has 0 atom stereocenters. The van der Waals surface area contributed by atoms with Crippen molar-refractivity contribution in [2.75, 3.05) is 29.0 Å². The first kappa shape index (κ1) is 22.4. The Labute approximate surface area is 173 Å². The molecule has 1 aliphatic rings. The highest BCUT2D eigenvalue weighted by Gasteiger charge is 2.32. The molecule has 2 aromatic rings. The summed E-state index contributed by atoms with van der Waals surface area (Å²) in [5.41, 5.74) is -0.758. The van der Waals surface area contributed by atoms with Crippen LogP contribution in [0, 0.1) is 0 Å². The van der Waals surface area contributed by atoms with Crippen molar-refractivity contribution in [1.29, 1.82) is 0 Å². The number of anilines is 2. The minimum Gasteiger partial charge on any atom is -0.370 e. The minimum atomic E-state index is -4.63. The molecule has 2 aromatic carbocycles. The molecule has 30 heavy (non-hydrogen) atoms. The van der Waals surface area contributed by atoms with E-state index in [2.05, 4.69) is 4.72 Å². The first-order chi connectivity index (χ1) is 13.9. The van der Waals surface area contributed by atoms with Gasteiger partial charge in [-0.3, -0.25) is 4.72 Å². The number of alkyl halides is 3. The van der Waals surface area contributed by atoms with Gasteiger partial charge in [-0.2, -0.15) is 13.2 Å². The van der Waals surface area contributed by atoms with Crippen molar-refractivity contribution in [3.63, 3.8) is 0 Å². The monoisotopic (exact) mass is 462 g/mol. The highest BCUT2D eigenvalue weighted by atomic mass is 32.2. The highest BCUT2D eigenvalue weighted by Crippen LogP contribution is 2.37. The Kier molecular flexibility index (Phi) is 6.06. The van der Waals surface area contributed by atoms with Gasteiger partial charge in [-0.1, -0.05) is 0 Å². The van der Waals surface area contributed by atoms with Gasteiger partial charge in [0, 0.05) is 19.3 Å². The summed E-state index contributed by atoms with van der Waals surface area (Å²) >= 11 is 0. The van der Waals surface area contributed by atoms with Crippen LogP contribution in [0.15, 0.2) is 52.3 Å². The van der Waals surface area contributed by atoms with Crippen molar-refractivity contribution in [3.8, 4) is 0 Å². The third-order valence-electron chi connectivity index (χ3n) is 4.83. The van der Waals surface area contributed by atoms with Gasteiger partial charge >= 0.3 is 6.18 Å². The van der Waals surface area contributed by atoms with Crippen LogP contribution in [0.4, 0.5) is 24.5 Å². The van der Waals surface area contributed by atoms with E-state index in [1.807, 2.05) is 4.90 Å². The van der Waals surface area contributed by atoms with Crippen LogP contribution < -0.4 is 9.62 Å². The number of hydrogen-bond donors (Lipinski definition) is 1. The molecule has 164 valence electrons. The lowest BCUT2D eigenvalue weighted by Gasteiger charge is -2.31. The van der Waals surface area contributed by atoms with E-state index in [9.17, 15) is 30.0 Å². The van der Waals surface area contributed by atoms with Crippen molar-refractivity contribution in [2.24, 2.45) is 0 Å². The fraction of sp³-hybridized carbons (Fsp3) is 0.368. The summed E-state index contributed by atoms with van der Waals surface area (Å²) < 4.78 is 90.6. The molecular formula is C19H21F3N2O4S2. The standard InChI is InChI=1S/C19H21F3N2O4S2/c1-29(25,26)15-6-8-16(9-7-15)30(27,28)23-17-13-14(19(20,21)22)5-10-18(17)24-11-3-2-4-12-24/h5-10,13,23H,2-4,11-12H2,1H3. The Bertz CT molecular complexity index is 1120. The number of benzene rings is 2. The van der Waals surface area contributed by atoms with Crippen molar-refractivity contribution in [1.82, 2.24) is 0 Å². The molecule has 0 amide bonds. The SMILES string of the molecule is CS(=O)(=O)c1ccc(S(=O)(=O)Nc2cc(C(F)(F)F)ccc2N2CCCCC2)cc1. The van der Waals surface area contributed by atoms with Gasteiger partial charge in [-0.15, -0.1) is 0 Å². The number of rotatable bonds is 5. The van der Waals surface area contributed by atoms with E-state index in [0.29, 0.717) is 18.8 Å². The lowest BCUT2D eigenvalue weighted by Crippen LogP contribution is -2.30. The van der Waals surface area contributed by atoms with Crippen LogP contribution in [-0.4, -0.2) is 36.2 Å². The number of sulfonamides is 1. The van der Waals surface area contributed by atoms with Crippen molar-refractivity contribution >= 4 is 31.2 Å². The van der Waals surface area contributed by atoms with Crippen LogP contribution in [0.2, 0.25) is 0 Å². The van der Waals surface area contributed by atoms with Crippen molar-refractivity contribution < 1.29 is 30.0 Å². The molecule has 1 aliphatic heterocycles. The molecule has 11 heteroatoms. The zero-order valence-electron chi connectivity index (χ0n) is 16.1. The molecule has 1 fully saturated rings. The molecule has 3 rings (SSSR count). The summed E-state index contributed by atoms with van der Waals surface area (Å²) in [5, 5.41) is 0. The molecule has 0 unspecified atom stereocenters. The second kappa shape index (κ2) is 8.10. The molecule has 0 bridgehead atoms. The third kappa shape index (κ3) is 5.07. The predicted molar refractivity (Wildman–Crippen MR) is 108 cm³/mol. The first-order valence-electron chi connectivity index (χ1n) is 9.17. The second-order valence-corrected chi connectivity index (χ2v) is 10.8. The van der Waals surface area contributed by atoms with Gasteiger partial charge in [-0.05, 0) is 61.7 Å². The van der Waals surface area contributed by atoms with Gasteiger partial charge in [-0.25, -0.2) is 16.8 Å². The summed E-state index contributed by atoms with van der Waals surface area (Å²) in [7, 11) is -7.75. The second-order valence-electron chi connectivity index (χ2n) is 7.13. The number of sulfone groups is 1. The van der Waals surface area contributed by atoms with E-state index in [1.165, 1.54) is 6.07 Å². The zero-order valence-corrected chi connectivity index (χ0v) is 17.7. The average molecular weight is 463 g/mol. The Morgan fingerprint density at radius 2 is 1.43 bits per heavy atom. The van der Waals surface area contributed by atoms with Crippen molar-refractivity contribution in [2.45, 2.75) is 35.2 Å². The maximum absolute atomic E-state index is 13.2. The maximum atomic E-state index is 13.2. The zero-order chi connectivity index (χ0) is 22.2. The van der Waals surface area contributed by atoms with E-state index in [4.69, 9.17) is 0 Å². The number of piperidine rings is 1. The van der Waals surface area contributed by atoms with Crippen LogP contribution >= 0.6 is 0 Å². The predicted octanol–water partition coefficient (Wildman–Crippen LogP) is 3.90. The molecule has 1 N–H and O–H groups in total. The molecule has 0 spiro atoms. The normalized spacial score (nSPS) is 15.8. The summed E-state index contributed by atoms with van der Waals surface area (Å²) in [6.07, 6.45) is -0.911. The largest absolute Gasteiger partial charge is 0.416 e. The van der Waals surface area contributed by atoms with Gasteiger partial charge in [0.25, 0.3) is 10.0 Å². The van der Waals surface area contributed by atoms with Crippen molar-refractivity contribution in [3.05, 3.63) is 48.0 Å². The van der Waals surface area contributed by atoms with Gasteiger partial charge in [0.05, 0.1) is 26.7 Å². The molecular weight excluding hydrogens is 441 g/mol. The summed E-state index contributed by atoms with van der Waals surface area (Å²) in [4.78, 5) is 1.54. The van der Waals surface area contributed by atoms with Crippen LogP contribution in [0.25, 0.3) is 0 Å². The molecule has 1 heterocycles. The van der Waals surface area contributed by atoms with E-state index >= 15 is 0 Å². The quantitative estimate of drug-likeness (QED) is 0.729. The molecule has 6 nitrogen and oxygen atoms in total. The first-order valence-corrected chi connectivity index (χ1v) is 12.5. The molecule has 0 radical (unpaired) electrons. The minimum absolute atomic E-state index is 0.0606. The summed E-state index contributed by atoms with van der Waals surface area (Å²) in [6.45, 7) is 1.23. The average Bonchev–Trinajstić information content (AvgIpc) is 2.67. The maximum Gasteiger partial charge on any atom is 0.416 e. The van der Waals surface area contributed by atoms with E-state index < -0.39 is 31.6 Å². The number of halogens is 3. The Morgan fingerprint density at radius 1 is 0.867 bits per heavy atom. The van der Waals surface area contributed by atoms with E-state index in [0.717, 1.165) is 61.9 Å². The van der Waals surface area contributed by atoms with Gasteiger partial charge < -0.3 is 4.90 Å². The van der Waals surface area contributed by atoms with Crippen LogP contribution in [0.5, 0.6) is 0 Å². The van der Waals surface area contributed by atoms with Crippen LogP contribution in [-0.2, 0) is 26.0 Å². The van der Waals surface area contributed by atoms with Crippen LogP contribution in [0.3, 0.4) is 0 Å². The Hall–Kier alpha value is -2.27. The van der Waals surface area contributed by atoms with Gasteiger partial charge in [0.2, 0.25) is 0 Å². The molecule has 0 saturated carbocycles. The molecule has 0 aliphatic carbocycles. The number of nitrogens with zero attached hydrogens (tertiary/aromatic N) is 1.